The molecule has 4 aliphatic rings. The standard InChI is InChI=1S/C16H20O2/c17-15-11-7-3-1-5-9(11)13-10-6-2-4-8-12(10)16(18)14(13)15/h9-12H,1-8H2. The van der Waals surface area contributed by atoms with E-state index in [0.717, 1.165) is 25.7 Å². The number of fused-ring (bicyclic) bond motifs is 4. The molecule has 0 saturated heterocycles. The van der Waals surface area contributed by atoms with Crippen molar-refractivity contribution >= 4 is 11.6 Å². The SMILES string of the molecule is O=C1C2=C(C3CCCCC13)C1CCCCC1C2=O. The maximum absolute atomic E-state index is 12.5. The second-order valence-electron chi connectivity index (χ2n) is 6.55. The van der Waals surface area contributed by atoms with Gasteiger partial charge < -0.3 is 0 Å². The lowest BCUT2D eigenvalue weighted by Crippen LogP contribution is -2.31. The highest BCUT2D eigenvalue weighted by Crippen LogP contribution is 2.55. The van der Waals surface area contributed by atoms with E-state index in [4.69, 9.17) is 0 Å². The van der Waals surface area contributed by atoms with Crippen molar-refractivity contribution in [2.75, 3.05) is 0 Å². The molecule has 4 rings (SSSR count). The summed E-state index contributed by atoms with van der Waals surface area (Å²) in [6, 6.07) is 0. The predicted octanol–water partition coefficient (Wildman–Crippen LogP) is 3.06. The monoisotopic (exact) mass is 244 g/mol. The van der Waals surface area contributed by atoms with Gasteiger partial charge >= 0.3 is 0 Å². The van der Waals surface area contributed by atoms with E-state index in [2.05, 4.69) is 0 Å². The van der Waals surface area contributed by atoms with Crippen LogP contribution in [0.2, 0.25) is 0 Å². The average molecular weight is 244 g/mol. The lowest BCUT2D eigenvalue weighted by Gasteiger charge is -2.34. The maximum Gasteiger partial charge on any atom is 0.170 e. The quantitative estimate of drug-likeness (QED) is 0.614. The van der Waals surface area contributed by atoms with Crippen LogP contribution in [-0.2, 0) is 9.59 Å². The molecule has 2 saturated carbocycles. The van der Waals surface area contributed by atoms with Crippen molar-refractivity contribution in [2.45, 2.75) is 51.4 Å². The fourth-order valence-electron chi connectivity index (χ4n) is 5.06. The smallest absolute Gasteiger partial charge is 0.170 e. The summed E-state index contributed by atoms with van der Waals surface area (Å²) in [5.41, 5.74) is 2.03. The van der Waals surface area contributed by atoms with Crippen LogP contribution in [-0.4, -0.2) is 11.6 Å². The molecule has 2 heteroatoms. The number of ketones is 2. The highest BCUT2D eigenvalue weighted by atomic mass is 16.2. The minimum atomic E-state index is 0.190. The van der Waals surface area contributed by atoms with Gasteiger partial charge in [0.05, 0.1) is 5.57 Å². The molecule has 0 aliphatic heterocycles. The Labute approximate surface area is 108 Å². The second kappa shape index (κ2) is 3.79. The van der Waals surface area contributed by atoms with Gasteiger partial charge in [0.15, 0.2) is 11.6 Å². The van der Waals surface area contributed by atoms with Gasteiger partial charge in [-0.1, -0.05) is 25.7 Å². The molecule has 0 aromatic carbocycles. The first-order chi connectivity index (χ1) is 8.79. The minimum Gasteiger partial charge on any atom is -0.294 e. The molecule has 0 N–H and O–H groups in total. The predicted molar refractivity (Wildman–Crippen MR) is 67.9 cm³/mol. The summed E-state index contributed by atoms with van der Waals surface area (Å²) >= 11 is 0. The molecule has 4 unspecified atom stereocenters. The van der Waals surface area contributed by atoms with Crippen molar-refractivity contribution in [3.63, 3.8) is 0 Å². The number of Topliss-reactive ketones (excluding diaryl/α,β-unsaturated/α-hetero) is 2. The Morgan fingerprint density at radius 2 is 1.00 bits per heavy atom. The van der Waals surface area contributed by atoms with Crippen LogP contribution in [0.4, 0.5) is 0 Å². The molecule has 2 nitrogen and oxygen atoms in total. The molecule has 0 amide bonds. The van der Waals surface area contributed by atoms with Crippen LogP contribution in [0, 0.1) is 23.7 Å². The van der Waals surface area contributed by atoms with E-state index < -0.39 is 0 Å². The molecule has 4 aliphatic carbocycles. The van der Waals surface area contributed by atoms with Gasteiger partial charge in [-0.25, -0.2) is 0 Å². The third kappa shape index (κ3) is 1.24. The summed E-state index contributed by atoms with van der Waals surface area (Å²) in [4.78, 5) is 25.0. The number of rotatable bonds is 0. The Kier molecular flexibility index (Phi) is 2.30. The summed E-state index contributed by atoms with van der Waals surface area (Å²) in [6.45, 7) is 0. The first-order valence-corrected chi connectivity index (χ1v) is 7.61. The van der Waals surface area contributed by atoms with Gasteiger partial charge in [0.1, 0.15) is 0 Å². The molecular formula is C16H20O2. The lowest BCUT2D eigenvalue weighted by molar-refractivity contribution is -0.126. The molecule has 0 heterocycles. The van der Waals surface area contributed by atoms with Crippen molar-refractivity contribution in [1.82, 2.24) is 0 Å². The van der Waals surface area contributed by atoms with Crippen LogP contribution in [0.1, 0.15) is 51.4 Å². The largest absolute Gasteiger partial charge is 0.294 e. The Morgan fingerprint density at radius 3 is 1.44 bits per heavy atom. The molecule has 0 bridgehead atoms. The fourth-order valence-corrected chi connectivity index (χ4v) is 5.06. The lowest BCUT2D eigenvalue weighted by atomic mass is 9.69. The molecule has 96 valence electrons. The Morgan fingerprint density at radius 1 is 0.611 bits per heavy atom. The second-order valence-corrected chi connectivity index (χ2v) is 6.55. The van der Waals surface area contributed by atoms with E-state index in [-0.39, 0.29) is 23.4 Å². The van der Waals surface area contributed by atoms with Gasteiger partial charge in [-0.3, -0.25) is 9.59 Å². The van der Waals surface area contributed by atoms with Gasteiger partial charge in [0.2, 0.25) is 0 Å². The van der Waals surface area contributed by atoms with E-state index in [1.165, 1.54) is 31.3 Å². The topological polar surface area (TPSA) is 34.1 Å². The van der Waals surface area contributed by atoms with Crippen molar-refractivity contribution in [1.29, 1.82) is 0 Å². The molecule has 18 heavy (non-hydrogen) atoms. The van der Waals surface area contributed by atoms with E-state index in [9.17, 15) is 9.59 Å². The first-order valence-electron chi connectivity index (χ1n) is 7.61. The fraction of sp³-hybridized carbons (Fsp3) is 0.750. The molecule has 0 spiro atoms. The summed E-state index contributed by atoms with van der Waals surface area (Å²) in [6.07, 6.45) is 9.22. The minimum absolute atomic E-state index is 0.190. The van der Waals surface area contributed by atoms with E-state index in [0.29, 0.717) is 17.4 Å². The Hall–Kier alpha value is -0.920. The number of carbonyl (C=O) groups excluding carboxylic acids is 2. The number of carbonyl (C=O) groups is 2. The van der Waals surface area contributed by atoms with Crippen LogP contribution in [0.15, 0.2) is 11.1 Å². The molecule has 2 fully saturated rings. The van der Waals surface area contributed by atoms with Crippen LogP contribution < -0.4 is 0 Å². The van der Waals surface area contributed by atoms with Crippen molar-refractivity contribution in [3.05, 3.63) is 11.1 Å². The molecule has 0 aromatic rings. The normalized spacial score (nSPS) is 42.9. The zero-order valence-corrected chi connectivity index (χ0v) is 10.8. The van der Waals surface area contributed by atoms with Gasteiger partial charge in [-0.05, 0) is 43.1 Å². The van der Waals surface area contributed by atoms with E-state index in [1.807, 2.05) is 0 Å². The number of hydrogen-bond acceptors (Lipinski definition) is 2. The van der Waals surface area contributed by atoms with Gasteiger partial charge in [0, 0.05) is 11.8 Å². The van der Waals surface area contributed by atoms with E-state index in [1.54, 1.807) is 0 Å². The Bertz CT molecular complexity index is 420. The third-order valence-corrected chi connectivity index (χ3v) is 5.79. The third-order valence-electron chi connectivity index (χ3n) is 5.79. The summed E-state index contributed by atoms with van der Waals surface area (Å²) in [5, 5.41) is 0. The average Bonchev–Trinajstić information content (AvgIpc) is 2.87. The van der Waals surface area contributed by atoms with Gasteiger partial charge in [0.25, 0.3) is 0 Å². The van der Waals surface area contributed by atoms with Crippen molar-refractivity contribution in [3.8, 4) is 0 Å². The van der Waals surface area contributed by atoms with E-state index >= 15 is 0 Å². The maximum atomic E-state index is 12.5. The number of allylic oxidation sites excluding steroid dienone is 2. The highest BCUT2D eigenvalue weighted by molar-refractivity contribution is 6.25. The highest BCUT2D eigenvalue weighted by Gasteiger charge is 2.54. The molecule has 0 aromatic heterocycles. The van der Waals surface area contributed by atoms with Crippen molar-refractivity contribution in [2.24, 2.45) is 23.7 Å². The molecule has 0 radical (unpaired) electrons. The first kappa shape index (κ1) is 11.0. The van der Waals surface area contributed by atoms with Gasteiger partial charge in [-0.15, -0.1) is 0 Å². The van der Waals surface area contributed by atoms with Crippen LogP contribution >= 0.6 is 0 Å². The summed E-state index contributed by atoms with van der Waals surface area (Å²) in [7, 11) is 0. The summed E-state index contributed by atoms with van der Waals surface area (Å²) in [5.74, 6) is 1.76. The number of hydrogen-bond donors (Lipinski definition) is 0. The summed E-state index contributed by atoms with van der Waals surface area (Å²) < 4.78 is 0. The van der Waals surface area contributed by atoms with Gasteiger partial charge in [-0.2, -0.15) is 0 Å². The van der Waals surface area contributed by atoms with Crippen LogP contribution in [0.5, 0.6) is 0 Å². The molecule has 4 atom stereocenters. The van der Waals surface area contributed by atoms with Crippen molar-refractivity contribution < 1.29 is 9.59 Å². The van der Waals surface area contributed by atoms with Crippen LogP contribution in [0.25, 0.3) is 0 Å². The zero-order chi connectivity index (χ0) is 12.3. The van der Waals surface area contributed by atoms with Crippen LogP contribution in [0.3, 0.4) is 0 Å². The molecular weight excluding hydrogens is 224 g/mol. The zero-order valence-electron chi connectivity index (χ0n) is 10.8. The Balaban J connectivity index is 1.77.